The molecule has 20 rings (SSSR count). The summed E-state index contributed by atoms with van der Waals surface area (Å²) in [4.78, 5) is 125. The summed E-state index contributed by atoms with van der Waals surface area (Å²) >= 11 is 0. The lowest BCUT2D eigenvalue weighted by Crippen LogP contribution is -2.50. The van der Waals surface area contributed by atoms with Crippen molar-refractivity contribution < 1.29 is 36.4 Å². The van der Waals surface area contributed by atoms with Crippen LogP contribution < -0.4 is 68.8 Å². The number of anilines is 11. The van der Waals surface area contributed by atoms with Crippen LogP contribution in [0.15, 0.2) is 152 Å². The average Bonchev–Trinajstić information content (AvgIpc) is 1.76. The van der Waals surface area contributed by atoms with Crippen LogP contribution in [0.4, 0.5) is 86.1 Å². The minimum atomic E-state index is -1.31. The summed E-state index contributed by atoms with van der Waals surface area (Å²) in [5, 5.41) is 52.5. The number of nitrogens with two attached hydrogens (primary N) is 1. The Bertz CT molecular complexity index is 7260. The summed E-state index contributed by atoms with van der Waals surface area (Å²) in [6, 6.07) is 36.8. The van der Waals surface area contributed by atoms with Crippen LogP contribution in [-0.4, -0.2) is 218 Å². The van der Waals surface area contributed by atoms with Crippen LogP contribution >= 0.6 is 0 Å². The molecule has 0 radical (unpaired) electrons. The quantitative estimate of drug-likeness (QED) is 0.0470. The highest BCUT2D eigenvalue weighted by atomic mass is 32.2. The Balaban J connectivity index is 0.000000133. The van der Waals surface area contributed by atoms with Crippen molar-refractivity contribution in [3.8, 4) is 24.3 Å². The molecule has 0 spiro atoms. The van der Waals surface area contributed by atoms with E-state index >= 15 is 4.39 Å². The third-order valence-electron chi connectivity index (χ3n) is 26.9. The monoisotopic (exact) mass is 1990 g/mol. The number of pyridine rings is 4. The van der Waals surface area contributed by atoms with Crippen LogP contribution in [0.1, 0.15) is 191 Å². The standard InChI is InChI=1S/C28H32FN7O3.C24H26FN7O.C23H24FN7O.C15H23N3O2.C14H14N4O2S/c1-28(2,3)39-27(38)35-12-10-34(11-13-35)23-9-8-20(15-22(23)29)32-26-31-17-19-14-18(16-30)25(37)36(24(19)33-26)21-6-4-5-7-21;1-30-8-10-31(11-9-30)21-7-6-18(13-20(21)25)28-24-27-15-17-12-16(14-26)23(33)32(22(17)29-24)19-4-2-3-5-19;24-19-12-17(5-6-20(19)30-9-7-26-8-10-30)28-23-27-14-16-11-15(13-25)22(32)31(21(16)29-23)18-3-1-2-4-18;1-15(2,3)20-14(19)18-10-8-17(9-11-18)13-6-4-12(16)5-7-13;1-21(20)14-16-8-10-6-9(7-15)13(19)18(12(10)17-14)11-4-2-3-5-11/h8-9,14-15,17,21H,4-7,10-13H2,1-3H3,(H,31,32,33);6-7,12-13,15,19H,2-5,8-11H2,1H3,(H,27,28,29);5-6,11-12,14,18,26H,1-4,7-10H2,(H,27,28,29);4-7H,8-11,16H2,1-3H3;6,8,11H,2-5H2,1H3. The first kappa shape index (κ1) is 103. The molecule has 4 saturated heterocycles. The Hall–Kier alpha value is -15.2. The van der Waals surface area contributed by atoms with E-state index in [4.69, 9.17) is 20.5 Å². The van der Waals surface area contributed by atoms with Gasteiger partial charge in [-0.05, 0) is 203 Å². The molecule has 12 heterocycles. The Labute approximate surface area is 838 Å². The fraction of sp³-hybridized carbons (Fsp3) is 0.442. The zero-order valence-electron chi connectivity index (χ0n) is 82.6. The van der Waals surface area contributed by atoms with Gasteiger partial charge in [0.15, 0.2) is 0 Å². The molecule has 8 aromatic heterocycles. The Morgan fingerprint density at radius 3 is 0.993 bits per heavy atom. The molecule has 4 saturated carbocycles. The van der Waals surface area contributed by atoms with Gasteiger partial charge in [-0.1, -0.05) is 51.4 Å². The molecule has 0 bridgehead atoms. The Kier molecular flexibility index (Phi) is 32.3. The largest absolute Gasteiger partial charge is 0.444 e. The summed E-state index contributed by atoms with van der Waals surface area (Å²) < 4.78 is 73.7. The first-order chi connectivity index (χ1) is 69.8. The number of nitrogens with zero attached hydrogens (tertiary/aromatic N) is 23. The van der Waals surface area contributed by atoms with Gasteiger partial charge in [-0.3, -0.25) is 41.7 Å². The highest BCUT2D eigenvalue weighted by molar-refractivity contribution is 7.84. The number of benzene rings is 4. The van der Waals surface area contributed by atoms with Crippen molar-refractivity contribution in [2.24, 2.45) is 0 Å². The number of carbonyl (C=O) groups is 2. The van der Waals surface area contributed by atoms with Crippen LogP contribution in [0.2, 0.25) is 0 Å². The van der Waals surface area contributed by atoms with Gasteiger partial charge in [0.2, 0.25) is 23.0 Å². The van der Waals surface area contributed by atoms with Crippen LogP contribution in [0.25, 0.3) is 44.1 Å². The second-order valence-electron chi connectivity index (χ2n) is 39.3. The zero-order valence-corrected chi connectivity index (χ0v) is 83.5. The van der Waals surface area contributed by atoms with E-state index in [2.05, 4.69) is 82.9 Å². The van der Waals surface area contributed by atoms with Crippen LogP contribution in [0.5, 0.6) is 0 Å². The number of rotatable bonds is 15. The maximum Gasteiger partial charge on any atom is 0.410 e. The molecule has 1 unspecified atom stereocenters. The predicted octanol–water partition coefficient (Wildman–Crippen LogP) is 15.0. The maximum atomic E-state index is 15.2. The molecule has 8 fully saturated rings. The van der Waals surface area contributed by atoms with E-state index in [1.807, 2.05) is 106 Å². The fourth-order valence-electron chi connectivity index (χ4n) is 19.6. The van der Waals surface area contributed by atoms with Crippen molar-refractivity contribution in [1.29, 1.82) is 21.0 Å². The second kappa shape index (κ2) is 45.6. The number of likely N-dealkylation sites (N-methyl/N-ethyl adjacent to an activating group) is 1. The molecular formula is C104H119F3N28O9S. The number of amides is 2. The maximum absolute atomic E-state index is 15.2. The summed E-state index contributed by atoms with van der Waals surface area (Å²) in [7, 11) is 0.756. The number of nitriles is 4. The molecule has 4 aliphatic carbocycles. The number of halogens is 3. The van der Waals surface area contributed by atoms with E-state index in [1.165, 1.54) is 54.9 Å². The number of nitrogen functional groups attached to an aromatic ring is 1. The summed E-state index contributed by atoms with van der Waals surface area (Å²) in [6.07, 6.45) is 22.6. The third kappa shape index (κ3) is 24.7. The molecular weight excluding hydrogens is 1870 g/mol. The van der Waals surface area contributed by atoms with Crippen molar-refractivity contribution >= 4 is 130 Å². The fourth-order valence-corrected chi connectivity index (χ4v) is 20.0. The molecule has 37 nitrogen and oxygen atoms in total. The lowest BCUT2D eigenvalue weighted by atomic mass is 10.2. The van der Waals surface area contributed by atoms with Crippen molar-refractivity contribution in [1.82, 2.24) is 78.2 Å². The van der Waals surface area contributed by atoms with Crippen molar-refractivity contribution in [3.05, 3.63) is 209 Å². The van der Waals surface area contributed by atoms with E-state index in [-0.39, 0.29) is 115 Å². The van der Waals surface area contributed by atoms with Gasteiger partial charge in [0.05, 0.1) is 27.9 Å². The lowest BCUT2D eigenvalue weighted by Gasteiger charge is -2.36. The van der Waals surface area contributed by atoms with E-state index in [1.54, 1.807) is 77.0 Å². The highest BCUT2D eigenvalue weighted by Gasteiger charge is 2.33. The number of carbonyl (C=O) groups excluding carboxylic acids is 2. The van der Waals surface area contributed by atoms with Gasteiger partial charge in [-0.25, -0.2) is 47.7 Å². The van der Waals surface area contributed by atoms with Gasteiger partial charge in [0, 0.05) is 210 Å². The van der Waals surface area contributed by atoms with Crippen LogP contribution in [0.3, 0.4) is 0 Å². The van der Waals surface area contributed by atoms with Crippen molar-refractivity contribution in [2.75, 3.05) is 159 Å². The number of aromatic nitrogens is 12. The second-order valence-corrected chi connectivity index (χ2v) is 40.6. The smallest absolute Gasteiger partial charge is 0.410 e. The molecule has 4 aromatic carbocycles. The van der Waals surface area contributed by atoms with Crippen LogP contribution in [-0.2, 0) is 20.3 Å². The minimum Gasteiger partial charge on any atom is -0.444 e. The Morgan fingerprint density at radius 2 is 0.697 bits per heavy atom. The van der Waals surface area contributed by atoms with Gasteiger partial charge in [-0.2, -0.15) is 36.0 Å². The van der Waals surface area contributed by atoms with Gasteiger partial charge in [-0.15, -0.1) is 0 Å². The van der Waals surface area contributed by atoms with Gasteiger partial charge >= 0.3 is 12.2 Å². The molecule has 41 heteroatoms. The SMILES string of the molecule is CC(C)(C)OC(=O)N1CCN(c2ccc(N)cc2)CC1.CC(C)(C)OC(=O)N1CCN(c2ccc(Nc3ncc4cc(C#N)c(=O)n(C5CCCC5)c4n3)cc2F)CC1.CN1CCN(c2ccc(Nc3ncc4cc(C#N)c(=O)n(C5CCCC5)c4n3)cc2F)CC1.CS(=O)c1ncc2cc(C#N)c(=O)n(C3CCCC3)c2n1.N#Cc1cc2cnc(Nc3ccc(N4CCNCC4)c(F)c3)nc2n(C2CCCC2)c1=O. The molecule has 1 atom stereocenters. The topological polar surface area (TPSA) is 453 Å². The van der Waals surface area contributed by atoms with E-state index in [0.717, 1.165) is 180 Å². The Morgan fingerprint density at radius 1 is 0.407 bits per heavy atom. The zero-order chi connectivity index (χ0) is 102. The molecule has 8 aliphatic rings. The average molecular weight is 1990 g/mol. The van der Waals surface area contributed by atoms with Gasteiger partial charge in [0.1, 0.15) is 97.8 Å². The molecule has 145 heavy (non-hydrogen) atoms. The van der Waals surface area contributed by atoms with Crippen molar-refractivity contribution in [3.63, 3.8) is 0 Å². The lowest BCUT2D eigenvalue weighted by molar-refractivity contribution is 0.0230. The first-order valence-electron chi connectivity index (χ1n) is 49.3. The molecule has 2 amide bonds. The normalized spacial score (nSPS) is 16.8. The van der Waals surface area contributed by atoms with E-state index in [0.29, 0.717) is 118 Å². The predicted molar refractivity (Wildman–Crippen MR) is 551 cm³/mol. The molecule has 756 valence electrons. The molecule has 4 aliphatic heterocycles. The number of fused-ring (bicyclic) bond motifs is 4. The third-order valence-corrected chi connectivity index (χ3v) is 27.7. The number of piperazine rings is 4. The van der Waals surface area contributed by atoms with E-state index in [9.17, 15) is 57.5 Å². The van der Waals surface area contributed by atoms with Gasteiger partial charge < -0.3 is 70.8 Å². The number of ether oxygens (including phenoxy) is 2. The summed E-state index contributed by atoms with van der Waals surface area (Å²) in [6.45, 7) is 22.5. The van der Waals surface area contributed by atoms with Crippen molar-refractivity contribution in [2.45, 2.75) is 185 Å². The van der Waals surface area contributed by atoms with Crippen LogP contribution in [0, 0.1) is 62.8 Å². The highest BCUT2D eigenvalue weighted by Crippen LogP contribution is 2.38. The number of hydrogen-bond donors (Lipinski definition) is 5. The van der Waals surface area contributed by atoms with Gasteiger partial charge in [0.25, 0.3) is 22.2 Å². The molecule has 6 N–H and O–H groups in total. The minimum absolute atomic E-state index is 0.0106. The number of hydrogen-bond acceptors (Lipinski definition) is 31. The molecule has 12 aromatic rings. The summed E-state index contributed by atoms with van der Waals surface area (Å²) in [5.41, 5.74) is 10.7. The number of nitrogens with one attached hydrogen (secondary N) is 4. The summed E-state index contributed by atoms with van der Waals surface area (Å²) in [5.74, 6) is -0.219. The van der Waals surface area contributed by atoms with E-state index < -0.39 is 27.8 Å². The first-order valence-corrected chi connectivity index (χ1v) is 50.9.